The summed E-state index contributed by atoms with van der Waals surface area (Å²) in [7, 11) is 0. The first-order valence-electron chi connectivity index (χ1n) is 6.73. The molecule has 0 radical (unpaired) electrons. The lowest BCUT2D eigenvalue weighted by atomic mass is 10.1. The van der Waals surface area contributed by atoms with Crippen molar-refractivity contribution in [2.75, 3.05) is 12.3 Å². The summed E-state index contributed by atoms with van der Waals surface area (Å²) in [5, 5.41) is 8.96. The topological polar surface area (TPSA) is 77.0 Å². The van der Waals surface area contributed by atoms with Gasteiger partial charge in [0.1, 0.15) is 5.82 Å². The molecule has 0 bridgehead atoms. The first-order chi connectivity index (χ1) is 10.3. The Morgan fingerprint density at radius 1 is 1.14 bits per heavy atom. The number of aromatic nitrogens is 3. The number of rotatable bonds is 4. The largest absolute Gasteiger partial charge is 0.396 e. The fourth-order valence-electron chi connectivity index (χ4n) is 2.29. The van der Waals surface area contributed by atoms with Crippen LogP contribution in [-0.2, 0) is 6.42 Å². The van der Waals surface area contributed by atoms with Crippen LogP contribution < -0.4 is 5.73 Å². The van der Waals surface area contributed by atoms with Gasteiger partial charge in [0.05, 0.1) is 18.2 Å². The van der Waals surface area contributed by atoms with Crippen LogP contribution in [-0.4, -0.2) is 26.2 Å². The zero-order valence-electron chi connectivity index (χ0n) is 11.5. The van der Waals surface area contributed by atoms with Gasteiger partial charge in [0.15, 0.2) is 0 Å². The van der Waals surface area contributed by atoms with Crippen LogP contribution in [0.15, 0.2) is 55.1 Å². The summed E-state index contributed by atoms with van der Waals surface area (Å²) < 4.78 is 1.97. The van der Waals surface area contributed by atoms with Crippen LogP contribution in [0, 0.1) is 0 Å². The molecule has 106 valence electrons. The van der Waals surface area contributed by atoms with Crippen molar-refractivity contribution in [1.82, 2.24) is 14.5 Å². The Morgan fingerprint density at radius 3 is 2.67 bits per heavy atom. The summed E-state index contributed by atoms with van der Waals surface area (Å²) in [6, 6.07) is 11.8. The van der Waals surface area contributed by atoms with Gasteiger partial charge in [-0.15, -0.1) is 0 Å². The minimum absolute atomic E-state index is 0.155. The number of hydrogen-bond donors (Lipinski definition) is 2. The Bertz CT molecular complexity index is 734. The molecular formula is C16H16N4O. The first-order valence-corrected chi connectivity index (χ1v) is 6.73. The molecule has 1 aromatic carbocycles. The normalized spacial score (nSPS) is 10.7. The monoisotopic (exact) mass is 280 g/mol. The molecule has 0 spiro atoms. The zero-order valence-corrected chi connectivity index (χ0v) is 11.5. The third-order valence-corrected chi connectivity index (χ3v) is 3.37. The molecule has 3 N–H and O–H groups in total. The van der Waals surface area contributed by atoms with Crippen molar-refractivity contribution in [3.63, 3.8) is 0 Å². The Balaban J connectivity index is 2.01. The van der Waals surface area contributed by atoms with E-state index in [1.165, 1.54) is 0 Å². The van der Waals surface area contributed by atoms with Gasteiger partial charge in [0.2, 0.25) is 0 Å². The molecule has 0 saturated heterocycles. The van der Waals surface area contributed by atoms with Gasteiger partial charge < -0.3 is 10.8 Å². The van der Waals surface area contributed by atoms with Crippen molar-refractivity contribution >= 4 is 5.82 Å². The number of anilines is 1. The average Bonchev–Trinajstić information content (AvgIpc) is 2.98. The maximum Gasteiger partial charge on any atom is 0.132 e. The van der Waals surface area contributed by atoms with E-state index in [1.807, 2.05) is 41.0 Å². The van der Waals surface area contributed by atoms with E-state index in [-0.39, 0.29) is 6.61 Å². The summed E-state index contributed by atoms with van der Waals surface area (Å²) in [5.41, 5.74) is 9.79. The Labute approximate surface area is 122 Å². The standard InChI is InChI=1S/C16H16N4O/c17-16-14(2-1-8-19-16)15-10-18-11-20(15)13-5-3-12(4-6-13)7-9-21/h1-6,8,10-11,21H,7,9H2,(H2,17,19). The molecule has 0 fully saturated rings. The summed E-state index contributed by atoms with van der Waals surface area (Å²) in [4.78, 5) is 8.33. The van der Waals surface area contributed by atoms with Gasteiger partial charge in [0, 0.05) is 24.1 Å². The lowest BCUT2D eigenvalue weighted by Crippen LogP contribution is -1.99. The van der Waals surface area contributed by atoms with Crippen LogP contribution >= 0.6 is 0 Å². The molecule has 0 unspecified atom stereocenters. The molecule has 5 heteroatoms. The molecule has 0 saturated carbocycles. The van der Waals surface area contributed by atoms with Crippen LogP contribution in [0.1, 0.15) is 5.56 Å². The number of aliphatic hydroxyl groups is 1. The molecule has 0 atom stereocenters. The summed E-state index contributed by atoms with van der Waals surface area (Å²) in [6.45, 7) is 0.155. The first kappa shape index (κ1) is 13.3. The molecule has 2 heterocycles. The zero-order chi connectivity index (χ0) is 14.7. The minimum atomic E-state index is 0.155. The van der Waals surface area contributed by atoms with Gasteiger partial charge in [-0.3, -0.25) is 4.57 Å². The number of benzene rings is 1. The number of pyridine rings is 1. The van der Waals surface area contributed by atoms with Crippen molar-refractivity contribution in [1.29, 1.82) is 0 Å². The van der Waals surface area contributed by atoms with Crippen molar-refractivity contribution in [2.24, 2.45) is 0 Å². The van der Waals surface area contributed by atoms with E-state index in [4.69, 9.17) is 10.8 Å². The van der Waals surface area contributed by atoms with Crippen LogP contribution in [0.5, 0.6) is 0 Å². The highest BCUT2D eigenvalue weighted by molar-refractivity contribution is 5.71. The number of imidazole rings is 1. The lowest BCUT2D eigenvalue weighted by molar-refractivity contribution is 0.299. The van der Waals surface area contributed by atoms with E-state index in [0.717, 1.165) is 22.5 Å². The van der Waals surface area contributed by atoms with Gasteiger partial charge in [-0.05, 0) is 36.2 Å². The number of hydrogen-bond acceptors (Lipinski definition) is 4. The number of nitrogens with zero attached hydrogens (tertiary/aromatic N) is 3. The molecule has 0 aliphatic heterocycles. The quantitative estimate of drug-likeness (QED) is 0.767. The van der Waals surface area contributed by atoms with Crippen molar-refractivity contribution < 1.29 is 5.11 Å². The third-order valence-electron chi connectivity index (χ3n) is 3.37. The molecule has 2 aromatic heterocycles. The molecule has 0 aliphatic carbocycles. The highest BCUT2D eigenvalue weighted by Gasteiger charge is 2.10. The van der Waals surface area contributed by atoms with Crippen LogP contribution in [0.3, 0.4) is 0 Å². The second-order valence-corrected chi connectivity index (χ2v) is 4.73. The summed E-state index contributed by atoms with van der Waals surface area (Å²) in [6.07, 6.45) is 5.85. The fraction of sp³-hybridized carbons (Fsp3) is 0.125. The summed E-state index contributed by atoms with van der Waals surface area (Å²) >= 11 is 0. The second-order valence-electron chi connectivity index (χ2n) is 4.73. The van der Waals surface area contributed by atoms with Crippen molar-refractivity contribution in [2.45, 2.75) is 6.42 Å². The van der Waals surface area contributed by atoms with Crippen molar-refractivity contribution in [3.05, 3.63) is 60.7 Å². The maximum atomic E-state index is 8.96. The van der Waals surface area contributed by atoms with Crippen molar-refractivity contribution in [3.8, 4) is 16.9 Å². The minimum Gasteiger partial charge on any atom is -0.396 e. The highest BCUT2D eigenvalue weighted by Crippen LogP contribution is 2.26. The Kier molecular flexibility index (Phi) is 3.66. The molecular weight excluding hydrogens is 264 g/mol. The van der Waals surface area contributed by atoms with Gasteiger partial charge >= 0.3 is 0 Å². The number of aliphatic hydroxyl groups excluding tert-OH is 1. The van der Waals surface area contributed by atoms with Crippen LogP contribution in [0.2, 0.25) is 0 Å². The van der Waals surface area contributed by atoms with E-state index in [0.29, 0.717) is 12.2 Å². The molecule has 3 aromatic rings. The number of nitrogen functional groups attached to an aromatic ring is 1. The molecule has 5 nitrogen and oxygen atoms in total. The van der Waals surface area contributed by atoms with Gasteiger partial charge in [-0.1, -0.05) is 12.1 Å². The molecule has 0 amide bonds. The van der Waals surface area contributed by atoms with E-state index in [9.17, 15) is 0 Å². The van der Waals surface area contributed by atoms with Gasteiger partial charge in [-0.25, -0.2) is 9.97 Å². The molecule has 21 heavy (non-hydrogen) atoms. The molecule has 3 rings (SSSR count). The van der Waals surface area contributed by atoms with E-state index in [2.05, 4.69) is 9.97 Å². The Hall–Kier alpha value is -2.66. The fourth-order valence-corrected chi connectivity index (χ4v) is 2.29. The third kappa shape index (κ3) is 2.64. The maximum absolute atomic E-state index is 8.96. The van der Waals surface area contributed by atoms with Gasteiger partial charge in [-0.2, -0.15) is 0 Å². The Morgan fingerprint density at radius 2 is 1.95 bits per heavy atom. The highest BCUT2D eigenvalue weighted by atomic mass is 16.2. The SMILES string of the molecule is Nc1ncccc1-c1cncn1-c1ccc(CCO)cc1. The predicted molar refractivity (Wildman–Crippen MR) is 82.0 cm³/mol. The molecule has 0 aliphatic rings. The average molecular weight is 280 g/mol. The second kappa shape index (κ2) is 5.76. The van der Waals surface area contributed by atoms with E-state index in [1.54, 1.807) is 18.7 Å². The summed E-state index contributed by atoms with van der Waals surface area (Å²) in [5.74, 6) is 0.483. The smallest absolute Gasteiger partial charge is 0.132 e. The lowest BCUT2D eigenvalue weighted by Gasteiger charge is -2.10. The number of nitrogens with two attached hydrogens (primary N) is 1. The van der Waals surface area contributed by atoms with Crippen LogP contribution in [0.25, 0.3) is 16.9 Å². The van der Waals surface area contributed by atoms with E-state index < -0.39 is 0 Å². The van der Waals surface area contributed by atoms with Gasteiger partial charge in [0.25, 0.3) is 0 Å². The predicted octanol–water partition coefficient (Wildman–Crippen LogP) is 2.05. The van der Waals surface area contributed by atoms with Crippen LogP contribution in [0.4, 0.5) is 5.82 Å². The van der Waals surface area contributed by atoms with E-state index >= 15 is 0 Å².